The van der Waals surface area contributed by atoms with Crippen LogP contribution in [-0.2, 0) is 4.79 Å². The first-order chi connectivity index (χ1) is 11.1. The highest BCUT2D eigenvalue weighted by molar-refractivity contribution is 8.00. The third kappa shape index (κ3) is 4.25. The fraction of sp³-hybridized carbons (Fsp3) is 0.588. The van der Waals surface area contributed by atoms with Gasteiger partial charge in [-0.3, -0.25) is 4.79 Å². The second kappa shape index (κ2) is 7.64. The summed E-state index contributed by atoms with van der Waals surface area (Å²) in [5.41, 5.74) is 1.02. The molecule has 0 aliphatic carbocycles. The van der Waals surface area contributed by atoms with Crippen molar-refractivity contribution in [2.75, 3.05) is 52.1 Å². The first-order valence-corrected chi connectivity index (χ1v) is 9.26. The SMILES string of the molecule is CN1CCN(CCCN2C(=O)CSC2c2ccc(F)cc2)CC1. The van der Waals surface area contributed by atoms with Crippen LogP contribution >= 0.6 is 11.8 Å². The summed E-state index contributed by atoms with van der Waals surface area (Å²) in [6, 6.07) is 6.53. The molecule has 0 radical (unpaired) electrons. The summed E-state index contributed by atoms with van der Waals surface area (Å²) in [5.74, 6) is 0.490. The molecule has 6 heteroatoms. The number of carbonyl (C=O) groups excluding carboxylic acids is 1. The molecule has 126 valence electrons. The number of rotatable bonds is 5. The van der Waals surface area contributed by atoms with E-state index in [1.165, 1.54) is 12.1 Å². The van der Waals surface area contributed by atoms with Crippen LogP contribution in [0.4, 0.5) is 4.39 Å². The van der Waals surface area contributed by atoms with Crippen molar-refractivity contribution in [2.45, 2.75) is 11.8 Å². The maximum atomic E-state index is 13.1. The van der Waals surface area contributed by atoms with Crippen LogP contribution in [0.25, 0.3) is 0 Å². The fourth-order valence-electron chi connectivity index (χ4n) is 3.14. The van der Waals surface area contributed by atoms with Gasteiger partial charge in [0, 0.05) is 32.7 Å². The summed E-state index contributed by atoms with van der Waals surface area (Å²) in [4.78, 5) is 18.9. The highest BCUT2D eigenvalue weighted by Gasteiger charge is 2.32. The van der Waals surface area contributed by atoms with E-state index < -0.39 is 0 Å². The summed E-state index contributed by atoms with van der Waals surface area (Å²) < 4.78 is 13.1. The van der Waals surface area contributed by atoms with Crippen molar-refractivity contribution < 1.29 is 9.18 Å². The largest absolute Gasteiger partial charge is 0.326 e. The molecule has 0 spiro atoms. The van der Waals surface area contributed by atoms with Crippen molar-refractivity contribution in [1.29, 1.82) is 0 Å². The molecule has 2 saturated heterocycles. The minimum absolute atomic E-state index is 0.0376. The van der Waals surface area contributed by atoms with Crippen LogP contribution in [0.5, 0.6) is 0 Å². The summed E-state index contributed by atoms with van der Waals surface area (Å²) in [5, 5.41) is 0.0376. The van der Waals surface area contributed by atoms with E-state index in [0.29, 0.717) is 5.75 Å². The monoisotopic (exact) mass is 337 g/mol. The third-order valence-corrected chi connectivity index (χ3v) is 5.85. The van der Waals surface area contributed by atoms with Gasteiger partial charge in [0.1, 0.15) is 11.2 Å². The topological polar surface area (TPSA) is 26.8 Å². The maximum absolute atomic E-state index is 13.1. The Balaban J connectivity index is 1.52. The quantitative estimate of drug-likeness (QED) is 0.822. The van der Waals surface area contributed by atoms with Gasteiger partial charge in [-0.25, -0.2) is 4.39 Å². The Labute approximate surface area is 141 Å². The van der Waals surface area contributed by atoms with Crippen molar-refractivity contribution in [3.8, 4) is 0 Å². The van der Waals surface area contributed by atoms with Gasteiger partial charge in [-0.15, -0.1) is 11.8 Å². The summed E-state index contributed by atoms with van der Waals surface area (Å²) >= 11 is 1.64. The van der Waals surface area contributed by atoms with E-state index >= 15 is 0 Å². The second-order valence-electron chi connectivity index (χ2n) is 6.30. The molecular weight excluding hydrogens is 313 g/mol. The number of amides is 1. The molecule has 2 aliphatic rings. The van der Waals surface area contributed by atoms with E-state index in [-0.39, 0.29) is 17.1 Å². The summed E-state index contributed by atoms with van der Waals surface area (Å²) in [7, 11) is 2.16. The first kappa shape index (κ1) is 16.7. The lowest BCUT2D eigenvalue weighted by Gasteiger charge is -2.33. The average Bonchev–Trinajstić information content (AvgIpc) is 2.91. The normalized spacial score (nSPS) is 23.7. The molecule has 2 aliphatic heterocycles. The number of piperazine rings is 1. The van der Waals surface area contributed by atoms with Gasteiger partial charge in [0.05, 0.1) is 5.75 Å². The highest BCUT2D eigenvalue weighted by atomic mass is 32.2. The highest BCUT2D eigenvalue weighted by Crippen LogP contribution is 2.38. The maximum Gasteiger partial charge on any atom is 0.233 e. The first-order valence-electron chi connectivity index (χ1n) is 8.21. The fourth-order valence-corrected chi connectivity index (χ4v) is 4.35. The molecule has 1 atom stereocenters. The van der Waals surface area contributed by atoms with Crippen LogP contribution in [0.1, 0.15) is 17.4 Å². The van der Waals surface area contributed by atoms with E-state index in [4.69, 9.17) is 0 Å². The average molecular weight is 337 g/mol. The zero-order valence-electron chi connectivity index (χ0n) is 13.6. The molecule has 1 unspecified atom stereocenters. The van der Waals surface area contributed by atoms with Crippen molar-refractivity contribution in [3.63, 3.8) is 0 Å². The Morgan fingerprint density at radius 3 is 2.52 bits per heavy atom. The molecule has 2 heterocycles. The second-order valence-corrected chi connectivity index (χ2v) is 7.37. The van der Waals surface area contributed by atoms with Gasteiger partial charge in [-0.05, 0) is 37.7 Å². The lowest BCUT2D eigenvalue weighted by molar-refractivity contribution is -0.128. The zero-order valence-corrected chi connectivity index (χ0v) is 14.4. The Morgan fingerprint density at radius 2 is 1.83 bits per heavy atom. The predicted octanol–water partition coefficient (Wildman–Crippen LogP) is 2.04. The number of hydrogen-bond donors (Lipinski definition) is 0. The molecule has 1 amide bonds. The molecule has 23 heavy (non-hydrogen) atoms. The molecule has 0 N–H and O–H groups in total. The molecular formula is C17H24FN3OS. The minimum Gasteiger partial charge on any atom is -0.326 e. The molecule has 3 rings (SSSR count). The number of nitrogens with zero attached hydrogens (tertiary/aromatic N) is 3. The Morgan fingerprint density at radius 1 is 1.13 bits per heavy atom. The van der Waals surface area contributed by atoms with Crippen LogP contribution in [0, 0.1) is 5.82 Å². The van der Waals surface area contributed by atoms with E-state index in [1.54, 1.807) is 23.9 Å². The Kier molecular flexibility index (Phi) is 5.56. The number of benzene rings is 1. The van der Waals surface area contributed by atoms with E-state index in [1.807, 2.05) is 4.90 Å². The zero-order chi connectivity index (χ0) is 16.2. The molecule has 1 aromatic carbocycles. The third-order valence-electron chi connectivity index (χ3n) is 4.59. The van der Waals surface area contributed by atoms with Gasteiger partial charge >= 0.3 is 0 Å². The van der Waals surface area contributed by atoms with E-state index in [2.05, 4.69) is 16.8 Å². The number of carbonyl (C=O) groups is 1. The molecule has 0 aromatic heterocycles. The number of thioether (sulfide) groups is 1. The van der Waals surface area contributed by atoms with Gasteiger partial charge in [-0.2, -0.15) is 0 Å². The molecule has 0 saturated carbocycles. The smallest absolute Gasteiger partial charge is 0.233 e. The van der Waals surface area contributed by atoms with Gasteiger partial charge in [0.15, 0.2) is 0 Å². The predicted molar refractivity (Wildman–Crippen MR) is 91.9 cm³/mol. The standard InChI is InChI=1S/C17H24FN3OS/c1-19-9-11-20(12-10-19)7-2-8-21-16(22)13-23-17(21)14-3-5-15(18)6-4-14/h3-6,17H,2,7-13H2,1H3. The molecule has 2 fully saturated rings. The lowest BCUT2D eigenvalue weighted by Crippen LogP contribution is -2.45. The van der Waals surface area contributed by atoms with Gasteiger partial charge in [0.25, 0.3) is 0 Å². The van der Waals surface area contributed by atoms with Crippen molar-refractivity contribution >= 4 is 17.7 Å². The molecule has 4 nitrogen and oxygen atoms in total. The van der Waals surface area contributed by atoms with Crippen molar-refractivity contribution in [1.82, 2.24) is 14.7 Å². The summed E-state index contributed by atoms with van der Waals surface area (Å²) in [6.07, 6.45) is 0.994. The molecule has 1 aromatic rings. The molecule has 0 bridgehead atoms. The van der Waals surface area contributed by atoms with Crippen molar-refractivity contribution in [2.24, 2.45) is 0 Å². The van der Waals surface area contributed by atoms with Gasteiger partial charge in [0.2, 0.25) is 5.91 Å². The minimum atomic E-state index is -0.232. The van der Waals surface area contributed by atoms with Crippen LogP contribution < -0.4 is 0 Å². The van der Waals surface area contributed by atoms with E-state index in [0.717, 1.165) is 51.3 Å². The summed E-state index contributed by atoms with van der Waals surface area (Å²) in [6.45, 7) is 6.28. The number of halogens is 1. The van der Waals surface area contributed by atoms with Crippen LogP contribution in [-0.4, -0.2) is 72.7 Å². The lowest BCUT2D eigenvalue weighted by atomic mass is 10.2. The van der Waals surface area contributed by atoms with Gasteiger partial charge in [-0.1, -0.05) is 12.1 Å². The number of hydrogen-bond acceptors (Lipinski definition) is 4. The Hall–Kier alpha value is -1.11. The Bertz CT molecular complexity index is 531. The van der Waals surface area contributed by atoms with Crippen LogP contribution in [0.2, 0.25) is 0 Å². The number of likely N-dealkylation sites (N-methyl/N-ethyl adjacent to an activating group) is 1. The van der Waals surface area contributed by atoms with Crippen LogP contribution in [0.15, 0.2) is 24.3 Å². The van der Waals surface area contributed by atoms with Gasteiger partial charge < -0.3 is 14.7 Å². The van der Waals surface area contributed by atoms with Crippen molar-refractivity contribution in [3.05, 3.63) is 35.6 Å². The van der Waals surface area contributed by atoms with Crippen LogP contribution in [0.3, 0.4) is 0 Å². The van der Waals surface area contributed by atoms with E-state index in [9.17, 15) is 9.18 Å².